The maximum atomic E-state index is 12.0. The maximum absolute atomic E-state index is 12.0. The lowest BCUT2D eigenvalue weighted by Crippen LogP contribution is -2.10. The number of aliphatic carboxylic acids is 1. The summed E-state index contributed by atoms with van der Waals surface area (Å²) in [5.41, 5.74) is 0.532. The van der Waals surface area contributed by atoms with Crippen LogP contribution in [0, 0.1) is 6.92 Å². The third-order valence-electron chi connectivity index (χ3n) is 5.77. The molecule has 0 aliphatic rings. The van der Waals surface area contributed by atoms with E-state index in [-0.39, 0.29) is 5.97 Å². The molecule has 1 aromatic carbocycles. The maximum Gasteiger partial charge on any atom is 0.311 e. The number of carboxylic acid groups (broad SMARTS) is 1. The molecule has 4 nitrogen and oxygen atoms in total. The van der Waals surface area contributed by atoms with Crippen molar-refractivity contribution in [3.8, 4) is 5.75 Å². The average Bonchev–Trinajstić information content (AvgIpc) is 2.76. The Labute approximate surface area is 189 Å². The molecule has 1 rings (SSSR count). The number of rotatable bonds is 19. The third kappa shape index (κ3) is 14.0. The van der Waals surface area contributed by atoms with Gasteiger partial charge in [-0.3, -0.25) is 9.59 Å². The zero-order valence-electron chi connectivity index (χ0n) is 19.6. The van der Waals surface area contributed by atoms with Gasteiger partial charge in [-0.15, -0.1) is 0 Å². The Morgan fingerprint density at radius 3 is 1.81 bits per heavy atom. The second-order valence-corrected chi connectivity index (χ2v) is 8.64. The molecule has 0 aromatic heterocycles. The Morgan fingerprint density at radius 2 is 1.32 bits per heavy atom. The molecule has 0 bridgehead atoms. The molecule has 0 fully saturated rings. The van der Waals surface area contributed by atoms with Crippen LogP contribution >= 0.6 is 0 Å². The van der Waals surface area contributed by atoms with E-state index in [9.17, 15) is 9.59 Å². The topological polar surface area (TPSA) is 63.6 Å². The van der Waals surface area contributed by atoms with Crippen molar-refractivity contribution in [2.24, 2.45) is 0 Å². The van der Waals surface area contributed by atoms with E-state index < -0.39 is 11.9 Å². The van der Waals surface area contributed by atoms with Crippen LogP contribution in [-0.2, 0) is 9.59 Å². The molecule has 0 heterocycles. The summed E-state index contributed by atoms with van der Waals surface area (Å²) in [6.07, 6.45) is 19.8. The molecule has 1 aromatic rings. The van der Waals surface area contributed by atoms with Crippen molar-refractivity contribution in [1.29, 1.82) is 0 Å². The largest absolute Gasteiger partial charge is 0.481 e. The summed E-state index contributed by atoms with van der Waals surface area (Å²) < 4.78 is 5.34. The number of esters is 1. The second kappa shape index (κ2) is 17.8. The van der Waals surface area contributed by atoms with E-state index >= 15 is 0 Å². The van der Waals surface area contributed by atoms with E-state index in [1.54, 1.807) is 24.3 Å². The van der Waals surface area contributed by atoms with Crippen molar-refractivity contribution in [3.63, 3.8) is 0 Å². The SMILES string of the molecule is [CH2]C(C(=O)O)c1cccc(OC(=O)CCCCCCCCCCCCCCCCC)c1. The number of hydrogen-bond donors (Lipinski definition) is 1. The van der Waals surface area contributed by atoms with Crippen LogP contribution in [0.2, 0.25) is 0 Å². The average molecular weight is 432 g/mol. The fourth-order valence-corrected chi connectivity index (χ4v) is 3.76. The highest BCUT2D eigenvalue weighted by atomic mass is 16.5. The van der Waals surface area contributed by atoms with Gasteiger partial charge in [0.1, 0.15) is 5.75 Å². The molecule has 0 aliphatic heterocycles. The summed E-state index contributed by atoms with van der Waals surface area (Å²) in [4.78, 5) is 23.0. The highest BCUT2D eigenvalue weighted by Crippen LogP contribution is 2.21. The molecule has 31 heavy (non-hydrogen) atoms. The van der Waals surface area contributed by atoms with Crippen LogP contribution in [0.15, 0.2) is 24.3 Å². The van der Waals surface area contributed by atoms with E-state index in [4.69, 9.17) is 9.84 Å². The van der Waals surface area contributed by atoms with Gasteiger partial charge in [0.15, 0.2) is 0 Å². The summed E-state index contributed by atoms with van der Waals surface area (Å²) in [5, 5.41) is 9.04. The van der Waals surface area contributed by atoms with Gasteiger partial charge in [-0.1, -0.05) is 109 Å². The van der Waals surface area contributed by atoms with Crippen molar-refractivity contribution in [3.05, 3.63) is 36.8 Å². The molecule has 1 unspecified atom stereocenters. The van der Waals surface area contributed by atoms with Crippen LogP contribution in [0.4, 0.5) is 0 Å². The highest BCUT2D eigenvalue weighted by molar-refractivity contribution is 5.77. The summed E-state index contributed by atoms with van der Waals surface area (Å²) in [6, 6.07) is 6.61. The summed E-state index contributed by atoms with van der Waals surface area (Å²) in [6.45, 7) is 5.87. The van der Waals surface area contributed by atoms with E-state index in [2.05, 4.69) is 13.8 Å². The lowest BCUT2D eigenvalue weighted by molar-refractivity contribution is -0.137. The lowest BCUT2D eigenvalue weighted by atomic mass is 10.0. The summed E-state index contributed by atoms with van der Waals surface area (Å²) in [7, 11) is 0. The number of carbonyl (C=O) groups is 2. The smallest absolute Gasteiger partial charge is 0.311 e. The molecule has 0 spiro atoms. The molecule has 0 saturated carbocycles. The van der Waals surface area contributed by atoms with Crippen LogP contribution in [-0.4, -0.2) is 17.0 Å². The van der Waals surface area contributed by atoms with Gasteiger partial charge >= 0.3 is 11.9 Å². The van der Waals surface area contributed by atoms with Gasteiger partial charge < -0.3 is 9.84 Å². The number of benzene rings is 1. The number of unbranched alkanes of at least 4 members (excludes halogenated alkanes) is 14. The Kier molecular flexibility index (Phi) is 15.6. The zero-order valence-corrected chi connectivity index (χ0v) is 19.6. The molecule has 4 heteroatoms. The fraction of sp³-hybridized carbons (Fsp3) is 0.667. The van der Waals surface area contributed by atoms with Crippen molar-refractivity contribution in [2.75, 3.05) is 0 Å². The third-order valence-corrected chi connectivity index (χ3v) is 5.77. The summed E-state index contributed by atoms with van der Waals surface area (Å²) >= 11 is 0. The minimum Gasteiger partial charge on any atom is -0.481 e. The van der Waals surface area contributed by atoms with Crippen molar-refractivity contribution < 1.29 is 19.4 Å². The van der Waals surface area contributed by atoms with Gasteiger partial charge in [0, 0.05) is 6.42 Å². The molecule has 1 atom stereocenters. The fourth-order valence-electron chi connectivity index (χ4n) is 3.76. The standard InChI is InChI=1S/C27H43O4/c1-3-4-5-6-7-8-9-10-11-12-13-14-15-16-17-21-26(28)31-25-20-18-19-24(22-25)23(2)27(29)30/h18-20,22-23H,2-17,21H2,1H3,(H,29,30). The number of carbonyl (C=O) groups excluding carboxylic acids is 1. The molecule has 0 aliphatic carbocycles. The number of hydrogen-bond acceptors (Lipinski definition) is 3. The van der Waals surface area contributed by atoms with E-state index in [0.29, 0.717) is 17.7 Å². The number of ether oxygens (including phenoxy) is 1. The van der Waals surface area contributed by atoms with Crippen LogP contribution in [0.3, 0.4) is 0 Å². The van der Waals surface area contributed by atoms with E-state index in [1.165, 1.54) is 83.5 Å². The quantitative estimate of drug-likeness (QED) is 0.138. The first-order chi connectivity index (χ1) is 15.0. The lowest BCUT2D eigenvalue weighted by Gasteiger charge is -2.09. The monoisotopic (exact) mass is 431 g/mol. The van der Waals surface area contributed by atoms with E-state index in [0.717, 1.165) is 12.8 Å². The normalized spacial score (nSPS) is 11.9. The predicted molar refractivity (Wildman–Crippen MR) is 127 cm³/mol. The van der Waals surface area contributed by atoms with Gasteiger partial charge in [0.25, 0.3) is 0 Å². The van der Waals surface area contributed by atoms with Crippen molar-refractivity contribution >= 4 is 11.9 Å². The van der Waals surface area contributed by atoms with Crippen LogP contribution in [0.25, 0.3) is 0 Å². The van der Waals surface area contributed by atoms with Gasteiger partial charge in [0.05, 0.1) is 5.92 Å². The molecule has 1 radical (unpaired) electrons. The highest BCUT2D eigenvalue weighted by Gasteiger charge is 2.15. The molecule has 0 amide bonds. The predicted octanol–water partition coefficient (Wildman–Crippen LogP) is 7.86. The second-order valence-electron chi connectivity index (χ2n) is 8.64. The van der Waals surface area contributed by atoms with Gasteiger partial charge in [-0.25, -0.2) is 0 Å². The van der Waals surface area contributed by atoms with Crippen molar-refractivity contribution in [2.45, 2.75) is 116 Å². The first kappa shape index (κ1) is 27.2. The van der Waals surface area contributed by atoms with E-state index in [1.807, 2.05) is 0 Å². The molecular formula is C27H43O4. The zero-order chi connectivity index (χ0) is 22.7. The van der Waals surface area contributed by atoms with Crippen molar-refractivity contribution in [1.82, 2.24) is 0 Å². The minimum absolute atomic E-state index is 0.261. The van der Waals surface area contributed by atoms with Gasteiger partial charge in [0.2, 0.25) is 0 Å². The Bertz CT molecular complexity index is 611. The molecular weight excluding hydrogens is 388 g/mol. The van der Waals surface area contributed by atoms with Gasteiger partial charge in [-0.2, -0.15) is 0 Å². The molecule has 0 saturated heterocycles. The van der Waals surface area contributed by atoms with Crippen LogP contribution in [0.5, 0.6) is 5.75 Å². The number of carboxylic acids is 1. The Hall–Kier alpha value is -1.84. The Balaban J connectivity index is 1.97. The first-order valence-electron chi connectivity index (χ1n) is 12.4. The van der Waals surface area contributed by atoms with Crippen LogP contribution in [0.1, 0.15) is 121 Å². The Morgan fingerprint density at radius 1 is 0.839 bits per heavy atom. The molecule has 1 N–H and O–H groups in total. The first-order valence-corrected chi connectivity index (χ1v) is 12.4. The minimum atomic E-state index is -0.999. The summed E-state index contributed by atoms with van der Waals surface area (Å²) in [5.74, 6) is -1.74. The van der Waals surface area contributed by atoms with Crippen LogP contribution < -0.4 is 4.74 Å². The molecule has 175 valence electrons. The van der Waals surface area contributed by atoms with Gasteiger partial charge in [-0.05, 0) is 31.0 Å².